The molecule has 1 aromatic carbocycles. The fourth-order valence-corrected chi connectivity index (χ4v) is 3.13. The number of hydrogen-bond acceptors (Lipinski definition) is 4. The highest BCUT2D eigenvalue weighted by Crippen LogP contribution is 2.28. The maximum atomic E-state index is 9.04. The minimum Gasteiger partial charge on any atom is -0.462 e. The topological polar surface area (TPSA) is 60.0 Å². The zero-order valence-corrected chi connectivity index (χ0v) is 14.4. The lowest BCUT2D eigenvalue weighted by atomic mass is 9.99. The molecule has 124 valence electrons. The molecule has 0 amide bonds. The molecule has 0 bridgehead atoms. The van der Waals surface area contributed by atoms with Gasteiger partial charge in [0.25, 0.3) is 0 Å². The van der Waals surface area contributed by atoms with Crippen molar-refractivity contribution in [2.45, 2.75) is 19.8 Å². The number of fused-ring (bicyclic) bond motifs is 1. The lowest BCUT2D eigenvalue weighted by Crippen LogP contribution is -2.24. The van der Waals surface area contributed by atoms with E-state index < -0.39 is 0 Å². The Hall–Kier alpha value is -3.24. The summed E-state index contributed by atoms with van der Waals surface area (Å²) in [5, 5.41) is 18.1. The second kappa shape index (κ2) is 7.11. The SMILES string of the molecule is CC1=CC(=C(C#N)C#N)C=C(/C=C/c2ccc3c(c2)CCCN3C)O1. The zero-order valence-electron chi connectivity index (χ0n) is 14.4. The van der Waals surface area contributed by atoms with E-state index in [4.69, 9.17) is 15.3 Å². The number of nitriles is 2. The van der Waals surface area contributed by atoms with Crippen LogP contribution in [0.5, 0.6) is 0 Å². The summed E-state index contributed by atoms with van der Waals surface area (Å²) in [5.74, 6) is 1.28. The fourth-order valence-electron chi connectivity index (χ4n) is 3.13. The molecule has 0 saturated heterocycles. The molecule has 0 unspecified atom stereocenters. The molecule has 0 fully saturated rings. The second-order valence-electron chi connectivity index (χ2n) is 6.20. The Balaban J connectivity index is 1.86. The van der Waals surface area contributed by atoms with E-state index in [-0.39, 0.29) is 5.57 Å². The van der Waals surface area contributed by atoms with Gasteiger partial charge in [-0.15, -0.1) is 0 Å². The van der Waals surface area contributed by atoms with Gasteiger partial charge in [-0.05, 0) is 61.3 Å². The van der Waals surface area contributed by atoms with E-state index in [2.05, 4.69) is 30.1 Å². The van der Waals surface area contributed by atoms with Gasteiger partial charge in [-0.1, -0.05) is 12.1 Å². The second-order valence-corrected chi connectivity index (χ2v) is 6.20. The summed E-state index contributed by atoms with van der Waals surface area (Å²) in [6.07, 6.45) is 9.56. The van der Waals surface area contributed by atoms with Gasteiger partial charge in [0.1, 0.15) is 29.2 Å². The van der Waals surface area contributed by atoms with Crippen molar-refractivity contribution in [2.24, 2.45) is 0 Å². The number of rotatable bonds is 2. The van der Waals surface area contributed by atoms with Crippen LogP contribution in [0.25, 0.3) is 6.08 Å². The van der Waals surface area contributed by atoms with Gasteiger partial charge in [-0.2, -0.15) is 10.5 Å². The predicted octanol–water partition coefficient (Wildman–Crippen LogP) is 4.24. The van der Waals surface area contributed by atoms with Gasteiger partial charge in [-0.25, -0.2) is 0 Å². The van der Waals surface area contributed by atoms with Crippen LogP contribution in [0.15, 0.2) is 59.1 Å². The summed E-state index contributed by atoms with van der Waals surface area (Å²) in [6, 6.07) is 10.3. The minimum atomic E-state index is 0.0883. The van der Waals surface area contributed by atoms with Crippen LogP contribution in [0.4, 0.5) is 5.69 Å². The Morgan fingerprint density at radius 1 is 1.20 bits per heavy atom. The molecule has 1 aromatic rings. The molecule has 0 radical (unpaired) electrons. The average Bonchev–Trinajstić information content (AvgIpc) is 2.61. The number of benzene rings is 1. The van der Waals surface area contributed by atoms with Gasteiger partial charge < -0.3 is 9.64 Å². The molecule has 0 atom stereocenters. The van der Waals surface area contributed by atoms with E-state index in [0.29, 0.717) is 17.1 Å². The first kappa shape index (κ1) is 16.6. The number of allylic oxidation sites excluding steroid dienone is 6. The first-order valence-corrected chi connectivity index (χ1v) is 8.25. The molecule has 4 nitrogen and oxygen atoms in total. The van der Waals surface area contributed by atoms with Crippen LogP contribution in [0.3, 0.4) is 0 Å². The zero-order chi connectivity index (χ0) is 17.8. The third-order valence-corrected chi connectivity index (χ3v) is 4.34. The molecule has 2 aliphatic heterocycles. The van der Waals surface area contributed by atoms with Crippen molar-refractivity contribution < 1.29 is 4.74 Å². The van der Waals surface area contributed by atoms with Gasteiger partial charge in [0.2, 0.25) is 0 Å². The van der Waals surface area contributed by atoms with E-state index >= 15 is 0 Å². The molecule has 4 heteroatoms. The van der Waals surface area contributed by atoms with Crippen molar-refractivity contribution in [1.82, 2.24) is 0 Å². The van der Waals surface area contributed by atoms with Crippen LogP contribution >= 0.6 is 0 Å². The van der Waals surface area contributed by atoms with Crippen LogP contribution in [-0.4, -0.2) is 13.6 Å². The summed E-state index contributed by atoms with van der Waals surface area (Å²) in [7, 11) is 2.12. The standard InChI is InChI=1S/C21H19N3O/c1-15-10-18(19(13-22)14-23)12-20(25-15)7-5-16-6-8-21-17(11-16)4-3-9-24(21)2/h5-8,10-12H,3-4,9H2,1-2H3/b7-5+. The Morgan fingerprint density at radius 2 is 2.00 bits per heavy atom. The number of nitrogens with zero attached hydrogens (tertiary/aromatic N) is 3. The number of hydrogen-bond donors (Lipinski definition) is 0. The van der Waals surface area contributed by atoms with E-state index in [1.165, 1.54) is 17.7 Å². The van der Waals surface area contributed by atoms with Crippen molar-refractivity contribution >= 4 is 11.8 Å². The largest absolute Gasteiger partial charge is 0.462 e. The van der Waals surface area contributed by atoms with Crippen molar-refractivity contribution in [2.75, 3.05) is 18.5 Å². The number of anilines is 1. The van der Waals surface area contributed by atoms with Crippen LogP contribution in [0.2, 0.25) is 0 Å². The third kappa shape index (κ3) is 3.65. The van der Waals surface area contributed by atoms with E-state index in [0.717, 1.165) is 18.5 Å². The molecule has 0 spiro atoms. The Kier molecular flexibility index (Phi) is 4.73. The molecule has 0 saturated carbocycles. The van der Waals surface area contributed by atoms with Crippen LogP contribution in [0.1, 0.15) is 24.5 Å². The van der Waals surface area contributed by atoms with Gasteiger partial charge in [-0.3, -0.25) is 0 Å². The summed E-state index contributed by atoms with van der Waals surface area (Å²) >= 11 is 0. The first-order valence-electron chi connectivity index (χ1n) is 8.25. The maximum Gasteiger partial charge on any atom is 0.137 e. The van der Waals surface area contributed by atoms with Crippen LogP contribution in [-0.2, 0) is 11.2 Å². The van der Waals surface area contributed by atoms with Gasteiger partial charge in [0, 0.05) is 24.9 Å². The van der Waals surface area contributed by atoms with Crippen molar-refractivity contribution in [1.29, 1.82) is 10.5 Å². The summed E-state index contributed by atoms with van der Waals surface area (Å²) in [5.41, 5.74) is 4.44. The summed E-state index contributed by atoms with van der Waals surface area (Å²) in [6.45, 7) is 2.91. The number of aryl methyl sites for hydroxylation is 1. The quantitative estimate of drug-likeness (QED) is 0.761. The van der Waals surface area contributed by atoms with Crippen molar-refractivity contribution in [3.63, 3.8) is 0 Å². The Morgan fingerprint density at radius 3 is 2.76 bits per heavy atom. The maximum absolute atomic E-state index is 9.04. The molecule has 0 N–H and O–H groups in total. The Bertz CT molecular complexity index is 888. The van der Waals surface area contributed by atoms with Crippen molar-refractivity contribution in [3.8, 4) is 12.1 Å². The summed E-state index contributed by atoms with van der Waals surface area (Å²) < 4.78 is 5.68. The minimum absolute atomic E-state index is 0.0883. The normalized spacial score (nSPS) is 16.3. The van der Waals surface area contributed by atoms with Crippen molar-refractivity contribution in [3.05, 3.63) is 70.2 Å². The van der Waals surface area contributed by atoms with Gasteiger partial charge in [0.05, 0.1) is 0 Å². The highest BCUT2D eigenvalue weighted by Gasteiger charge is 2.13. The Labute approximate surface area is 148 Å². The van der Waals surface area contributed by atoms with E-state index in [9.17, 15) is 0 Å². The number of ether oxygens (including phenoxy) is 1. The van der Waals surface area contributed by atoms with Crippen LogP contribution < -0.4 is 4.90 Å². The van der Waals surface area contributed by atoms with Crippen LogP contribution in [0, 0.1) is 22.7 Å². The summed E-state index contributed by atoms with van der Waals surface area (Å²) in [4.78, 5) is 2.29. The molecule has 25 heavy (non-hydrogen) atoms. The third-order valence-electron chi connectivity index (χ3n) is 4.34. The molecule has 0 aromatic heterocycles. The first-order chi connectivity index (χ1) is 12.1. The van der Waals surface area contributed by atoms with Gasteiger partial charge >= 0.3 is 0 Å². The van der Waals surface area contributed by atoms with E-state index in [1.54, 1.807) is 12.2 Å². The highest BCUT2D eigenvalue weighted by molar-refractivity contribution is 5.63. The lowest BCUT2D eigenvalue weighted by Gasteiger charge is -2.27. The lowest BCUT2D eigenvalue weighted by molar-refractivity contribution is 0.318. The molecule has 3 rings (SSSR count). The molecule has 2 aliphatic rings. The highest BCUT2D eigenvalue weighted by atomic mass is 16.5. The smallest absolute Gasteiger partial charge is 0.137 e. The molecule has 0 aliphatic carbocycles. The average molecular weight is 329 g/mol. The van der Waals surface area contributed by atoms with Gasteiger partial charge in [0.15, 0.2) is 0 Å². The molecule has 2 heterocycles. The fraction of sp³-hybridized carbons (Fsp3) is 0.238. The molecular formula is C21H19N3O. The predicted molar refractivity (Wildman–Crippen MR) is 98.2 cm³/mol. The van der Waals surface area contributed by atoms with E-state index in [1.807, 2.05) is 31.2 Å². The molecular weight excluding hydrogens is 310 g/mol. The monoisotopic (exact) mass is 329 g/mol.